The number of halogens is 1. The summed E-state index contributed by atoms with van der Waals surface area (Å²) in [5.41, 5.74) is 0.867. The summed E-state index contributed by atoms with van der Waals surface area (Å²) in [5.74, 6) is -0.501. The van der Waals surface area contributed by atoms with E-state index in [1.165, 1.54) is 4.90 Å². The maximum Gasteiger partial charge on any atom is 0.329 e. The summed E-state index contributed by atoms with van der Waals surface area (Å²) in [6.45, 7) is 4.94. The van der Waals surface area contributed by atoms with Gasteiger partial charge in [-0.1, -0.05) is 78.0 Å². The summed E-state index contributed by atoms with van der Waals surface area (Å²) in [5, 5.41) is 3.27. The molecule has 1 fully saturated rings. The van der Waals surface area contributed by atoms with Crippen molar-refractivity contribution < 1.29 is 23.5 Å². The highest BCUT2D eigenvalue weighted by Gasteiger charge is 2.35. The van der Waals surface area contributed by atoms with Crippen molar-refractivity contribution in [3.8, 4) is 11.3 Å². The van der Waals surface area contributed by atoms with E-state index in [9.17, 15) is 14.4 Å². The van der Waals surface area contributed by atoms with Crippen LogP contribution in [0.1, 0.15) is 32.1 Å². The number of carbonyl (C=O) groups excluding carboxylic acids is 3. The number of carbonyl (C=O) groups is 3. The molecule has 3 aromatic rings. The maximum atomic E-state index is 13.1. The van der Waals surface area contributed by atoms with E-state index in [0.717, 1.165) is 22.9 Å². The number of rotatable bonds is 8. The number of esters is 1. The highest BCUT2D eigenvalue weighted by Crippen LogP contribution is 2.34. The highest BCUT2D eigenvalue weighted by atomic mass is 35.5. The van der Waals surface area contributed by atoms with Crippen LogP contribution in [0.5, 0.6) is 0 Å². The van der Waals surface area contributed by atoms with Gasteiger partial charge in [-0.15, -0.1) is 0 Å². The van der Waals surface area contributed by atoms with Crippen LogP contribution in [0.15, 0.2) is 76.1 Å². The van der Waals surface area contributed by atoms with Crippen LogP contribution in [0.2, 0.25) is 5.02 Å². The van der Waals surface area contributed by atoms with Crippen molar-refractivity contribution in [2.24, 2.45) is 0 Å². The molecule has 202 valence electrons. The lowest BCUT2D eigenvalue weighted by Crippen LogP contribution is -2.49. The summed E-state index contributed by atoms with van der Waals surface area (Å²) in [6, 6.07) is 19.2. The lowest BCUT2D eigenvalue weighted by atomic mass is 10.1. The molecule has 4 rings (SSSR count). The Bertz CT molecular complexity index is 1430. The van der Waals surface area contributed by atoms with Crippen LogP contribution in [0.4, 0.5) is 0 Å². The van der Waals surface area contributed by atoms with Gasteiger partial charge in [-0.2, -0.15) is 0 Å². The molecule has 1 saturated heterocycles. The SMILES string of the molecule is CC(C)(C)OC(=O)C(Cc1ccccc1)NC(=O)CN1C(=O)C(=Cc2ccc(-c3ccccc3Cl)o2)SC1=S. The Morgan fingerprint density at radius 1 is 1.10 bits per heavy atom. The molecule has 2 aromatic carbocycles. The normalized spacial score (nSPS) is 15.5. The number of furan rings is 1. The number of benzene rings is 2. The topological polar surface area (TPSA) is 88.9 Å². The molecule has 10 heteroatoms. The minimum Gasteiger partial charge on any atom is -0.458 e. The summed E-state index contributed by atoms with van der Waals surface area (Å²) in [7, 11) is 0. The minimum atomic E-state index is -0.931. The lowest BCUT2D eigenvalue weighted by Gasteiger charge is -2.25. The number of ether oxygens (including phenoxy) is 1. The molecule has 1 atom stereocenters. The number of thiocarbonyl (C=S) groups is 1. The van der Waals surface area contributed by atoms with Gasteiger partial charge in [-0.05, 0) is 50.6 Å². The molecule has 1 aliphatic heterocycles. The summed E-state index contributed by atoms with van der Waals surface area (Å²) in [6.07, 6.45) is 1.82. The molecule has 39 heavy (non-hydrogen) atoms. The van der Waals surface area contributed by atoms with Gasteiger partial charge < -0.3 is 14.5 Å². The Morgan fingerprint density at radius 2 is 1.79 bits per heavy atom. The van der Waals surface area contributed by atoms with E-state index < -0.39 is 29.4 Å². The zero-order chi connectivity index (χ0) is 28.2. The van der Waals surface area contributed by atoms with E-state index in [4.69, 9.17) is 33.0 Å². The van der Waals surface area contributed by atoms with Crippen LogP contribution in [0.3, 0.4) is 0 Å². The van der Waals surface area contributed by atoms with Gasteiger partial charge in [0.2, 0.25) is 5.91 Å². The zero-order valence-electron chi connectivity index (χ0n) is 21.6. The van der Waals surface area contributed by atoms with Crippen LogP contribution in [0.25, 0.3) is 17.4 Å². The molecule has 0 saturated carbocycles. The van der Waals surface area contributed by atoms with Crippen LogP contribution in [-0.4, -0.2) is 45.2 Å². The van der Waals surface area contributed by atoms with Gasteiger partial charge in [-0.25, -0.2) is 4.79 Å². The van der Waals surface area contributed by atoms with Crippen LogP contribution >= 0.6 is 35.6 Å². The molecule has 1 N–H and O–H groups in total. The van der Waals surface area contributed by atoms with Gasteiger partial charge in [0.15, 0.2) is 0 Å². The molecule has 7 nitrogen and oxygen atoms in total. The van der Waals surface area contributed by atoms with Gasteiger partial charge in [0, 0.05) is 18.1 Å². The molecule has 0 bridgehead atoms. The summed E-state index contributed by atoms with van der Waals surface area (Å²) < 4.78 is 11.6. The highest BCUT2D eigenvalue weighted by molar-refractivity contribution is 8.26. The van der Waals surface area contributed by atoms with E-state index in [1.807, 2.05) is 48.5 Å². The fraction of sp³-hybridized carbons (Fsp3) is 0.241. The average Bonchev–Trinajstić information content (AvgIpc) is 3.43. The van der Waals surface area contributed by atoms with Crippen molar-refractivity contribution in [1.82, 2.24) is 10.2 Å². The standard InChI is InChI=1S/C29H27ClN2O5S2/c1-29(2,3)37-27(35)22(15-18-9-5-4-6-10-18)31-25(33)17-32-26(34)24(39-28(32)38)16-19-13-14-23(36-19)20-11-7-8-12-21(20)30/h4-14,16,22H,15,17H2,1-3H3,(H,31,33). The van der Waals surface area contributed by atoms with Gasteiger partial charge in [0.05, 0.1) is 9.93 Å². The number of thioether (sulfide) groups is 1. The first-order valence-corrected chi connectivity index (χ1v) is 13.8. The number of hydrogen-bond donors (Lipinski definition) is 1. The van der Waals surface area contributed by atoms with E-state index >= 15 is 0 Å². The van der Waals surface area contributed by atoms with Crippen molar-refractivity contribution in [3.05, 3.63) is 88.0 Å². The monoisotopic (exact) mass is 582 g/mol. The fourth-order valence-electron chi connectivity index (χ4n) is 3.80. The van der Waals surface area contributed by atoms with Crippen molar-refractivity contribution in [3.63, 3.8) is 0 Å². The quantitative estimate of drug-likeness (QED) is 0.202. The molecular formula is C29H27ClN2O5S2. The second-order valence-electron chi connectivity index (χ2n) is 9.79. The second kappa shape index (κ2) is 12.2. The van der Waals surface area contributed by atoms with Crippen LogP contribution in [-0.2, 0) is 25.5 Å². The maximum absolute atomic E-state index is 13.1. The predicted molar refractivity (Wildman–Crippen MR) is 157 cm³/mol. The van der Waals surface area contributed by atoms with Gasteiger partial charge >= 0.3 is 5.97 Å². The average molecular weight is 583 g/mol. The number of nitrogens with zero attached hydrogens (tertiary/aromatic N) is 1. The first-order chi connectivity index (χ1) is 18.5. The molecule has 1 aromatic heterocycles. The Kier molecular flexibility index (Phi) is 8.94. The Balaban J connectivity index is 1.44. The molecule has 2 heterocycles. The van der Waals surface area contributed by atoms with Crippen molar-refractivity contribution in [2.75, 3.05) is 6.54 Å². The Morgan fingerprint density at radius 3 is 2.49 bits per heavy atom. The van der Waals surface area contributed by atoms with Crippen molar-refractivity contribution in [2.45, 2.75) is 38.8 Å². The lowest BCUT2D eigenvalue weighted by molar-refractivity contribution is -0.158. The van der Waals surface area contributed by atoms with E-state index in [2.05, 4.69) is 5.32 Å². The number of nitrogens with one attached hydrogen (secondary N) is 1. The second-order valence-corrected chi connectivity index (χ2v) is 11.9. The fourth-order valence-corrected chi connectivity index (χ4v) is 5.27. The molecule has 0 aliphatic carbocycles. The van der Waals surface area contributed by atoms with Crippen molar-refractivity contribution in [1.29, 1.82) is 0 Å². The molecule has 1 aliphatic rings. The van der Waals surface area contributed by atoms with Crippen molar-refractivity contribution >= 4 is 63.8 Å². The van der Waals surface area contributed by atoms with Gasteiger partial charge in [0.25, 0.3) is 5.91 Å². The zero-order valence-corrected chi connectivity index (χ0v) is 24.0. The number of hydrogen-bond acceptors (Lipinski definition) is 7. The number of amides is 2. The molecule has 2 amide bonds. The molecule has 0 radical (unpaired) electrons. The Labute approximate surface area is 241 Å². The summed E-state index contributed by atoms with van der Waals surface area (Å²) in [4.78, 5) is 40.5. The largest absolute Gasteiger partial charge is 0.458 e. The molecular weight excluding hydrogens is 556 g/mol. The van der Waals surface area contributed by atoms with E-state index in [-0.39, 0.29) is 17.3 Å². The Hall–Kier alpha value is -3.40. The first-order valence-electron chi connectivity index (χ1n) is 12.2. The third-order valence-electron chi connectivity index (χ3n) is 5.52. The van der Waals surface area contributed by atoms with Gasteiger partial charge in [0.1, 0.15) is 34.0 Å². The molecule has 0 spiro atoms. The van der Waals surface area contributed by atoms with Crippen LogP contribution < -0.4 is 5.32 Å². The van der Waals surface area contributed by atoms with Gasteiger partial charge in [-0.3, -0.25) is 14.5 Å². The van der Waals surface area contributed by atoms with Crippen LogP contribution in [0, 0.1) is 0 Å². The minimum absolute atomic E-state index is 0.233. The van der Waals surface area contributed by atoms with E-state index in [0.29, 0.717) is 21.4 Å². The molecule has 1 unspecified atom stereocenters. The third kappa shape index (κ3) is 7.59. The predicted octanol–water partition coefficient (Wildman–Crippen LogP) is 5.87. The summed E-state index contributed by atoms with van der Waals surface area (Å²) >= 11 is 12.7. The van der Waals surface area contributed by atoms with E-state index in [1.54, 1.807) is 45.0 Å². The smallest absolute Gasteiger partial charge is 0.329 e. The third-order valence-corrected chi connectivity index (χ3v) is 7.23. The first kappa shape index (κ1) is 28.6.